The second-order valence-electron chi connectivity index (χ2n) is 4.94. The summed E-state index contributed by atoms with van der Waals surface area (Å²) >= 11 is 1.76. The van der Waals surface area contributed by atoms with E-state index in [9.17, 15) is 0 Å². The summed E-state index contributed by atoms with van der Waals surface area (Å²) in [6.45, 7) is 7.20. The van der Waals surface area contributed by atoms with E-state index >= 15 is 0 Å². The first-order valence-corrected chi connectivity index (χ1v) is 7.44. The average molecular weight is 272 g/mol. The van der Waals surface area contributed by atoms with E-state index < -0.39 is 0 Å². The van der Waals surface area contributed by atoms with Crippen LogP contribution in [0.15, 0.2) is 53.0 Å². The molecule has 2 aromatic heterocycles. The van der Waals surface area contributed by atoms with E-state index in [1.807, 2.05) is 18.5 Å². The van der Waals surface area contributed by atoms with Crippen molar-refractivity contribution in [1.82, 2.24) is 9.88 Å². The highest BCUT2D eigenvalue weighted by molar-refractivity contribution is 7.07. The topological polar surface area (TPSA) is 16.1 Å². The summed E-state index contributed by atoms with van der Waals surface area (Å²) in [6.07, 6.45) is 6.05. The molecule has 100 valence electrons. The summed E-state index contributed by atoms with van der Waals surface area (Å²) in [4.78, 5) is 6.63. The summed E-state index contributed by atoms with van der Waals surface area (Å²) in [6, 6.07) is 6.33. The molecule has 0 aliphatic carbocycles. The van der Waals surface area contributed by atoms with Crippen LogP contribution in [0.3, 0.4) is 0 Å². The first-order valence-electron chi connectivity index (χ1n) is 6.50. The minimum Gasteiger partial charge on any atom is -0.291 e. The summed E-state index contributed by atoms with van der Waals surface area (Å²) in [7, 11) is 0. The molecule has 19 heavy (non-hydrogen) atoms. The number of thiophene rings is 1. The molecular weight excluding hydrogens is 252 g/mol. The molecule has 0 bridgehead atoms. The molecule has 2 heterocycles. The zero-order valence-electron chi connectivity index (χ0n) is 11.5. The smallest absolute Gasteiger partial charge is 0.0312 e. The lowest BCUT2D eigenvalue weighted by Gasteiger charge is -2.20. The van der Waals surface area contributed by atoms with Crippen LogP contribution in [-0.4, -0.2) is 16.4 Å². The van der Waals surface area contributed by atoms with E-state index in [-0.39, 0.29) is 0 Å². The third-order valence-corrected chi connectivity index (χ3v) is 3.61. The van der Waals surface area contributed by atoms with Crippen LogP contribution in [0.25, 0.3) is 0 Å². The van der Waals surface area contributed by atoms with Crippen LogP contribution in [0, 0.1) is 0 Å². The van der Waals surface area contributed by atoms with Crippen molar-refractivity contribution in [3.63, 3.8) is 0 Å². The first-order chi connectivity index (χ1) is 9.24. The predicted octanol–water partition coefficient (Wildman–Crippen LogP) is 4.11. The Balaban J connectivity index is 2.03. The quantitative estimate of drug-likeness (QED) is 0.736. The highest BCUT2D eigenvalue weighted by Gasteiger charge is 2.06. The van der Waals surface area contributed by atoms with Gasteiger partial charge in [-0.2, -0.15) is 11.3 Å². The van der Waals surface area contributed by atoms with Gasteiger partial charge in [0.2, 0.25) is 0 Å². The standard InChI is InChI=1S/C16H20N2S/c1-14(2)5-8-18(12-16-6-9-19-13-16)11-15-4-3-7-17-10-15/h3-7,9-10,13H,8,11-12H2,1-2H3. The van der Waals surface area contributed by atoms with Gasteiger partial charge in [0.05, 0.1) is 0 Å². The molecule has 0 fully saturated rings. The molecule has 2 rings (SSSR count). The summed E-state index contributed by atoms with van der Waals surface area (Å²) < 4.78 is 0. The molecule has 0 aromatic carbocycles. The van der Waals surface area contributed by atoms with Crippen molar-refractivity contribution < 1.29 is 0 Å². The van der Waals surface area contributed by atoms with Crippen LogP contribution in [0.1, 0.15) is 25.0 Å². The number of hydrogen-bond donors (Lipinski definition) is 0. The second-order valence-corrected chi connectivity index (χ2v) is 5.72. The SMILES string of the molecule is CC(C)=CCN(Cc1cccnc1)Cc1ccsc1. The number of hydrogen-bond acceptors (Lipinski definition) is 3. The Kier molecular flexibility index (Phi) is 5.31. The molecule has 2 aromatic rings. The number of allylic oxidation sites excluding steroid dienone is 1. The van der Waals surface area contributed by atoms with Crippen molar-refractivity contribution in [3.05, 3.63) is 64.1 Å². The molecule has 0 saturated heterocycles. The van der Waals surface area contributed by atoms with Crippen molar-refractivity contribution in [2.24, 2.45) is 0 Å². The predicted molar refractivity (Wildman–Crippen MR) is 82.1 cm³/mol. The van der Waals surface area contributed by atoms with Gasteiger partial charge < -0.3 is 0 Å². The first kappa shape index (κ1) is 14.0. The Bertz CT molecular complexity index is 499. The average Bonchev–Trinajstić information content (AvgIpc) is 2.90. The molecule has 0 spiro atoms. The van der Waals surface area contributed by atoms with Crippen LogP contribution < -0.4 is 0 Å². The maximum absolute atomic E-state index is 4.19. The lowest BCUT2D eigenvalue weighted by Crippen LogP contribution is -2.23. The number of rotatable bonds is 6. The molecule has 0 aliphatic rings. The fourth-order valence-corrected chi connectivity index (χ4v) is 2.55. The maximum Gasteiger partial charge on any atom is 0.0312 e. The lowest BCUT2D eigenvalue weighted by molar-refractivity contribution is 0.285. The Morgan fingerprint density at radius 3 is 2.74 bits per heavy atom. The van der Waals surface area contributed by atoms with Gasteiger partial charge >= 0.3 is 0 Å². The van der Waals surface area contributed by atoms with Gasteiger partial charge in [0.25, 0.3) is 0 Å². The molecule has 2 nitrogen and oxygen atoms in total. The normalized spacial score (nSPS) is 10.7. The molecule has 0 saturated carbocycles. The van der Waals surface area contributed by atoms with Gasteiger partial charge in [-0.1, -0.05) is 17.7 Å². The van der Waals surface area contributed by atoms with Gasteiger partial charge in [-0.3, -0.25) is 9.88 Å². The fraction of sp³-hybridized carbons (Fsp3) is 0.312. The second kappa shape index (κ2) is 7.22. The highest BCUT2D eigenvalue weighted by Crippen LogP contribution is 2.12. The molecule has 0 atom stereocenters. The zero-order valence-corrected chi connectivity index (χ0v) is 12.4. The van der Waals surface area contributed by atoms with E-state index in [4.69, 9.17) is 0 Å². The van der Waals surface area contributed by atoms with Gasteiger partial charge in [0, 0.05) is 32.0 Å². The van der Waals surface area contributed by atoms with Crippen molar-refractivity contribution in [2.75, 3.05) is 6.54 Å². The third-order valence-electron chi connectivity index (χ3n) is 2.87. The maximum atomic E-state index is 4.19. The summed E-state index contributed by atoms with van der Waals surface area (Å²) in [5, 5.41) is 4.36. The van der Waals surface area contributed by atoms with E-state index in [0.717, 1.165) is 19.6 Å². The van der Waals surface area contributed by atoms with Gasteiger partial charge in [-0.25, -0.2) is 0 Å². The third kappa shape index (κ3) is 4.97. The van der Waals surface area contributed by atoms with E-state index in [1.54, 1.807) is 11.3 Å². The van der Waals surface area contributed by atoms with Crippen LogP contribution in [-0.2, 0) is 13.1 Å². The van der Waals surface area contributed by atoms with Crippen LogP contribution >= 0.6 is 11.3 Å². The lowest BCUT2D eigenvalue weighted by atomic mass is 10.2. The highest BCUT2D eigenvalue weighted by atomic mass is 32.1. The van der Waals surface area contributed by atoms with Gasteiger partial charge in [0.15, 0.2) is 0 Å². The van der Waals surface area contributed by atoms with Gasteiger partial charge in [-0.05, 0) is 47.9 Å². The minimum absolute atomic E-state index is 0.938. The number of aromatic nitrogens is 1. The molecule has 3 heteroatoms. The Hall–Kier alpha value is -1.45. The van der Waals surface area contributed by atoms with Crippen molar-refractivity contribution in [2.45, 2.75) is 26.9 Å². The zero-order chi connectivity index (χ0) is 13.5. The Labute approximate surface area is 119 Å². The molecular formula is C16H20N2S. The van der Waals surface area contributed by atoms with Crippen molar-refractivity contribution in [3.8, 4) is 0 Å². The van der Waals surface area contributed by atoms with Crippen LogP contribution in [0.2, 0.25) is 0 Å². The van der Waals surface area contributed by atoms with Crippen molar-refractivity contribution in [1.29, 1.82) is 0 Å². The van der Waals surface area contributed by atoms with Crippen LogP contribution in [0.4, 0.5) is 0 Å². The van der Waals surface area contributed by atoms with E-state index in [2.05, 4.69) is 52.7 Å². The van der Waals surface area contributed by atoms with E-state index in [0.29, 0.717) is 0 Å². The van der Waals surface area contributed by atoms with Gasteiger partial charge in [0.1, 0.15) is 0 Å². The summed E-state index contributed by atoms with van der Waals surface area (Å²) in [5.41, 5.74) is 4.01. The van der Waals surface area contributed by atoms with Gasteiger partial charge in [-0.15, -0.1) is 0 Å². The number of nitrogens with zero attached hydrogens (tertiary/aromatic N) is 2. The molecule has 0 radical (unpaired) electrons. The minimum atomic E-state index is 0.938. The van der Waals surface area contributed by atoms with Crippen LogP contribution in [0.5, 0.6) is 0 Å². The molecule has 0 N–H and O–H groups in total. The molecule has 0 amide bonds. The largest absolute Gasteiger partial charge is 0.291 e. The summed E-state index contributed by atoms with van der Waals surface area (Å²) in [5.74, 6) is 0. The molecule has 0 unspecified atom stereocenters. The number of pyridine rings is 1. The Morgan fingerprint density at radius 1 is 1.26 bits per heavy atom. The van der Waals surface area contributed by atoms with Crippen molar-refractivity contribution >= 4 is 11.3 Å². The van der Waals surface area contributed by atoms with E-state index in [1.165, 1.54) is 16.7 Å². The Morgan fingerprint density at radius 2 is 2.11 bits per heavy atom. The molecule has 0 aliphatic heterocycles. The fourth-order valence-electron chi connectivity index (χ4n) is 1.89. The monoisotopic (exact) mass is 272 g/mol.